The molecule has 2 aromatic rings. The lowest BCUT2D eigenvalue weighted by Crippen LogP contribution is -2.32. The van der Waals surface area contributed by atoms with Crippen LogP contribution in [-0.2, 0) is 22.4 Å². The highest BCUT2D eigenvalue weighted by atomic mass is 16.2. The molecule has 3 aliphatic rings. The van der Waals surface area contributed by atoms with Crippen molar-refractivity contribution in [1.29, 1.82) is 0 Å². The molecule has 0 aromatic heterocycles. The van der Waals surface area contributed by atoms with Crippen LogP contribution in [0.4, 0.5) is 11.4 Å². The smallest absolute Gasteiger partial charge is 0.255 e. The van der Waals surface area contributed by atoms with E-state index >= 15 is 0 Å². The number of fused-ring (bicyclic) bond motifs is 5. The Kier molecular flexibility index (Phi) is 4.77. The van der Waals surface area contributed by atoms with Crippen molar-refractivity contribution in [3.05, 3.63) is 71.3 Å². The van der Waals surface area contributed by atoms with Crippen LogP contribution in [0, 0.1) is 23.7 Å². The van der Waals surface area contributed by atoms with Gasteiger partial charge in [0.25, 0.3) is 5.91 Å². The van der Waals surface area contributed by atoms with Gasteiger partial charge in [0, 0.05) is 11.3 Å². The van der Waals surface area contributed by atoms with Gasteiger partial charge in [0.2, 0.25) is 11.8 Å². The van der Waals surface area contributed by atoms with Gasteiger partial charge in [0.1, 0.15) is 0 Å². The molecule has 5 heteroatoms. The van der Waals surface area contributed by atoms with Gasteiger partial charge >= 0.3 is 0 Å². The summed E-state index contributed by atoms with van der Waals surface area (Å²) in [4.78, 5) is 40.2. The molecule has 2 aromatic carbocycles. The maximum Gasteiger partial charge on any atom is 0.255 e. The number of nitrogens with one attached hydrogen (secondary N) is 1. The standard InChI is InChI=1S/C26H26N2O3/c1-3-15-6-5-7-16(4-2)23(15)27-24(29)17-10-12-20(13-11-17)28-25(30)21-18-8-9-19(14-18)22(21)26(28)31/h5-13,18-19,21-22H,3-4,14H2,1-2H3,(H,27,29)/t18-,19+,21-,22+. The molecule has 1 saturated heterocycles. The molecule has 1 aliphatic heterocycles. The van der Waals surface area contributed by atoms with E-state index in [4.69, 9.17) is 0 Å². The summed E-state index contributed by atoms with van der Waals surface area (Å²) in [5.74, 6) is -0.463. The molecule has 1 heterocycles. The number of amides is 3. The van der Waals surface area contributed by atoms with Crippen molar-refractivity contribution >= 4 is 29.1 Å². The van der Waals surface area contributed by atoms with Crippen molar-refractivity contribution in [1.82, 2.24) is 0 Å². The van der Waals surface area contributed by atoms with Gasteiger partial charge in [-0.25, -0.2) is 0 Å². The zero-order valence-electron chi connectivity index (χ0n) is 17.8. The van der Waals surface area contributed by atoms with Crippen molar-refractivity contribution in [2.45, 2.75) is 33.1 Å². The van der Waals surface area contributed by atoms with Crippen LogP contribution in [0.15, 0.2) is 54.6 Å². The number of allylic oxidation sites excluding steroid dienone is 2. The molecule has 0 spiro atoms. The van der Waals surface area contributed by atoms with E-state index in [2.05, 4.69) is 31.3 Å². The number of imide groups is 1. The van der Waals surface area contributed by atoms with E-state index in [0.29, 0.717) is 11.3 Å². The number of rotatable bonds is 5. The van der Waals surface area contributed by atoms with E-state index in [-0.39, 0.29) is 41.4 Å². The second-order valence-electron chi connectivity index (χ2n) is 8.67. The quantitative estimate of drug-likeness (QED) is 0.583. The Morgan fingerprint density at radius 2 is 1.45 bits per heavy atom. The molecule has 31 heavy (non-hydrogen) atoms. The monoisotopic (exact) mass is 414 g/mol. The predicted octanol–water partition coefficient (Wildman–Crippen LogP) is 4.38. The first-order valence-electron chi connectivity index (χ1n) is 11.1. The van der Waals surface area contributed by atoms with E-state index in [9.17, 15) is 14.4 Å². The summed E-state index contributed by atoms with van der Waals surface area (Å²) in [7, 11) is 0. The van der Waals surface area contributed by atoms with Crippen molar-refractivity contribution in [2.24, 2.45) is 23.7 Å². The summed E-state index contributed by atoms with van der Waals surface area (Å²) >= 11 is 0. The number of aryl methyl sites for hydroxylation is 2. The van der Waals surface area contributed by atoms with Gasteiger partial charge in [0.05, 0.1) is 17.5 Å². The SMILES string of the molecule is CCc1cccc(CC)c1NC(=O)c1ccc(N2C(=O)[C@@H]3[C@H](C2=O)[C@@H]2C=C[C@H]3C2)cc1. The number of carbonyl (C=O) groups is 3. The van der Waals surface area contributed by atoms with Crippen molar-refractivity contribution in [2.75, 3.05) is 10.2 Å². The maximum absolute atomic E-state index is 13.0. The van der Waals surface area contributed by atoms with Crippen LogP contribution < -0.4 is 10.2 Å². The van der Waals surface area contributed by atoms with Gasteiger partial charge in [-0.15, -0.1) is 0 Å². The van der Waals surface area contributed by atoms with E-state index in [1.54, 1.807) is 24.3 Å². The van der Waals surface area contributed by atoms with Crippen molar-refractivity contribution in [3.63, 3.8) is 0 Å². The maximum atomic E-state index is 13.0. The number of anilines is 2. The minimum Gasteiger partial charge on any atom is -0.321 e. The van der Waals surface area contributed by atoms with E-state index in [1.807, 2.05) is 18.2 Å². The summed E-state index contributed by atoms with van der Waals surface area (Å²) in [5, 5.41) is 3.06. The Bertz CT molecular complexity index is 1050. The summed E-state index contributed by atoms with van der Waals surface area (Å²) in [6.07, 6.45) is 6.76. The third kappa shape index (κ3) is 3.02. The van der Waals surface area contributed by atoms with Crippen LogP contribution in [-0.4, -0.2) is 17.7 Å². The van der Waals surface area contributed by atoms with Crippen LogP contribution in [0.3, 0.4) is 0 Å². The second-order valence-corrected chi connectivity index (χ2v) is 8.67. The molecule has 0 radical (unpaired) electrons. The lowest BCUT2D eigenvalue weighted by Gasteiger charge is -2.18. The highest BCUT2D eigenvalue weighted by Crippen LogP contribution is 2.53. The molecule has 1 saturated carbocycles. The number of nitrogens with zero attached hydrogens (tertiary/aromatic N) is 1. The topological polar surface area (TPSA) is 66.5 Å². The zero-order valence-corrected chi connectivity index (χ0v) is 17.8. The van der Waals surface area contributed by atoms with E-state index < -0.39 is 0 Å². The fraction of sp³-hybridized carbons (Fsp3) is 0.346. The van der Waals surface area contributed by atoms with Gasteiger partial charge < -0.3 is 5.32 Å². The van der Waals surface area contributed by atoms with E-state index in [1.165, 1.54) is 4.90 Å². The average molecular weight is 415 g/mol. The van der Waals surface area contributed by atoms with Crippen molar-refractivity contribution < 1.29 is 14.4 Å². The highest BCUT2D eigenvalue weighted by Gasteiger charge is 2.59. The summed E-state index contributed by atoms with van der Waals surface area (Å²) in [6.45, 7) is 4.14. The van der Waals surface area contributed by atoms with Crippen LogP contribution in [0.1, 0.15) is 41.8 Å². The molecular weight excluding hydrogens is 388 g/mol. The molecule has 3 amide bonds. The fourth-order valence-electron chi connectivity index (χ4n) is 5.51. The molecule has 4 atom stereocenters. The summed E-state index contributed by atoms with van der Waals surface area (Å²) in [5.41, 5.74) is 4.13. The van der Waals surface area contributed by atoms with Gasteiger partial charge in [-0.1, -0.05) is 44.2 Å². The molecule has 1 N–H and O–H groups in total. The summed E-state index contributed by atoms with van der Waals surface area (Å²) in [6, 6.07) is 12.9. The number of hydrogen-bond acceptors (Lipinski definition) is 3. The fourth-order valence-corrected chi connectivity index (χ4v) is 5.51. The predicted molar refractivity (Wildman–Crippen MR) is 120 cm³/mol. The zero-order chi connectivity index (χ0) is 21.7. The largest absolute Gasteiger partial charge is 0.321 e. The molecule has 2 aliphatic carbocycles. The summed E-state index contributed by atoms with van der Waals surface area (Å²) < 4.78 is 0. The van der Waals surface area contributed by atoms with Gasteiger partial charge in [-0.3, -0.25) is 19.3 Å². The van der Waals surface area contributed by atoms with Crippen LogP contribution >= 0.6 is 0 Å². The van der Waals surface area contributed by atoms with Gasteiger partial charge in [-0.05, 0) is 66.5 Å². The second kappa shape index (κ2) is 7.49. The number of para-hydroxylation sites is 1. The first-order chi connectivity index (χ1) is 15.0. The number of carbonyl (C=O) groups excluding carboxylic acids is 3. The Balaban J connectivity index is 1.36. The van der Waals surface area contributed by atoms with Crippen molar-refractivity contribution in [3.8, 4) is 0 Å². The first-order valence-corrected chi connectivity index (χ1v) is 11.1. The molecule has 5 nitrogen and oxygen atoms in total. The molecule has 2 fully saturated rings. The Hall–Kier alpha value is -3.21. The lowest BCUT2D eigenvalue weighted by molar-refractivity contribution is -0.123. The van der Waals surface area contributed by atoms with Crippen LogP contribution in [0.5, 0.6) is 0 Å². The third-order valence-corrected chi connectivity index (χ3v) is 7.10. The molecule has 158 valence electrons. The lowest BCUT2D eigenvalue weighted by atomic mass is 9.85. The Morgan fingerprint density at radius 3 is 1.97 bits per heavy atom. The van der Waals surface area contributed by atoms with Crippen LogP contribution in [0.25, 0.3) is 0 Å². The van der Waals surface area contributed by atoms with E-state index in [0.717, 1.165) is 36.1 Å². The normalized spacial score (nSPS) is 25.9. The molecule has 2 bridgehead atoms. The van der Waals surface area contributed by atoms with Gasteiger partial charge in [-0.2, -0.15) is 0 Å². The molecular formula is C26H26N2O3. The minimum atomic E-state index is -0.219. The van der Waals surface area contributed by atoms with Gasteiger partial charge in [0.15, 0.2) is 0 Å². The third-order valence-electron chi connectivity index (χ3n) is 7.10. The molecule has 0 unspecified atom stereocenters. The number of hydrogen-bond donors (Lipinski definition) is 1. The van der Waals surface area contributed by atoms with Crippen LogP contribution in [0.2, 0.25) is 0 Å². The average Bonchev–Trinajstić information content (AvgIpc) is 3.47. The first kappa shape index (κ1) is 19.7. The number of benzene rings is 2. The Labute approximate surface area is 182 Å². The minimum absolute atomic E-state index is 0.103. The molecule has 5 rings (SSSR count). The Morgan fingerprint density at radius 1 is 0.903 bits per heavy atom. The highest BCUT2D eigenvalue weighted by molar-refractivity contribution is 6.23.